The number of carbonyl (C=O) groups excluding carboxylic acids is 5. The molecule has 0 saturated carbocycles. The molecule has 0 aromatic heterocycles. The van der Waals surface area contributed by atoms with E-state index >= 15 is 0 Å². The van der Waals surface area contributed by atoms with Crippen LogP contribution < -0.4 is 15.4 Å². The van der Waals surface area contributed by atoms with Gasteiger partial charge in [-0.15, -0.1) is 0 Å². The van der Waals surface area contributed by atoms with Crippen molar-refractivity contribution in [2.75, 3.05) is 124 Å². The topological polar surface area (TPSA) is 312 Å². The largest absolute Gasteiger partial charge is 0.479 e. The van der Waals surface area contributed by atoms with E-state index in [-0.39, 0.29) is 99.1 Å². The fourth-order valence-electron chi connectivity index (χ4n) is 6.51. The molecule has 1 aromatic carbocycles. The second-order valence-corrected chi connectivity index (χ2v) is 16.7. The van der Waals surface area contributed by atoms with Gasteiger partial charge in [0.25, 0.3) is 0 Å². The van der Waals surface area contributed by atoms with Gasteiger partial charge in [0.1, 0.15) is 30.7 Å². The van der Waals surface area contributed by atoms with Crippen molar-refractivity contribution in [1.29, 1.82) is 0 Å². The van der Waals surface area contributed by atoms with Crippen LogP contribution in [0.25, 0.3) is 0 Å². The lowest BCUT2D eigenvalue weighted by atomic mass is 9.94. The summed E-state index contributed by atoms with van der Waals surface area (Å²) in [5.74, 6) is -3.85. The smallest absolute Gasteiger partial charge is 0.335 e. The Kier molecular flexibility index (Phi) is 29.1. The third-order valence-electron chi connectivity index (χ3n) is 10.5. The molecule has 398 valence electrons. The van der Waals surface area contributed by atoms with E-state index in [1.807, 2.05) is 13.8 Å². The summed E-state index contributed by atoms with van der Waals surface area (Å²) in [7, 11) is 0. The number of ether oxygens (including phenoxy) is 11. The Morgan fingerprint density at radius 2 is 1.20 bits per heavy atom. The molecular formula is C46H73N3O21. The molecule has 6 atom stereocenters. The summed E-state index contributed by atoms with van der Waals surface area (Å²) in [6, 6.07) is 4.36. The van der Waals surface area contributed by atoms with Gasteiger partial charge in [0.05, 0.1) is 124 Å². The zero-order chi connectivity index (χ0) is 51.3. The van der Waals surface area contributed by atoms with Crippen molar-refractivity contribution in [3.05, 3.63) is 23.8 Å². The van der Waals surface area contributed by atoms with Crippen LogP contribution in [0.3, 0.4) is 0 Å². The Labute approximate surface area is 407 Å². The number of hydrogen-bond donors (Lipinski definition) is 6. The maximum atomic E-state index is 12.9. The first-order chi connectivity index (χ1) is 33.6. The molecule has 24 nitrogen and oxygen atoms in total. The van der Waals surface area contributed by atoms with Crippen molar-refractivity contribution in [3.63, 3.8) is 0 Å². The number of benzene rings is 1. The molecule has 4 amide bonds. The molecule has 2 saturated heterocycles. The SMILES string of the molecule is CC(C)C(=O)OCc1ccc(O[C@@H]2O[C@H](C(=O)O)[C@@H](O)[C@H](O)[C@H]2O)c(NC(=O)CCOCCOCCOCCOCCOCCOCCOCCOCCNC(=O)CCN2C(=O)CC(C(C)C)C2=O)c1. The molecule has 2 fully saturated rings. The second-order valence-electron chi connectivity index (χ2n) is 16.7. The van der Waals surface area contributed by atoms with Gasteiger partial charge in [0.2, 0.25) is 29.9 Å². The summed E-state index contributed by atoms with van der Waals surface area (Å²) < 4.78 is 60.0. The number of imide groups is 1. The van der Waals surface area contributed by atoms with Gasteiger partial charge in [-0.05, 0) is 23.6 Å². The van der Waals surface area contributed by atoms with E-state index in [0.717, 1.165) is 0 Å². The van der Waals surface area contributed by atoms with Crippen LogP contribution in [0.4, 0.5) is 5.69 Å². The van der Waals surface area contributed by atoms with E-state index < -0.39 is 48.6 Å². The van der Waals surface area contributed by atoms with Gasteiger partial charge in [-0.1, -0.05) is 33.8 Å². The third kappa shape index (κ3) is 22.8. The molecular weight excluding hydrogens is 931 g/mol. The summed E-state index contributed by atoms with van der Waals surface area (Å²) in [4.78, 5) is 74.1. The first-order valence-electron chi connectivity index (χ1n) is 23.5. The predicted octanol–water partition coefficient (Wildman–Crippen LogP) is -0.344. The average molecular weight is 1000 g/mol. The molecule has 70 heavy (non-hydrogen) atoms. The summed E-state index contributed by atoms with van der Waals surface area (Å²) in [5, 5.41) is 45.4. The molecule has 24 heteroatoms. The summed E-state index contributed by atoms with van der Waals surface area (Å²) >= 11 is 0. The average Bonchev–Trinajstić information content (AvgIpc) is 3.62. The number of likely N-dealkylation sites (tertiary alicyclic amines) is 1. The zero-order valence-electron chi connectivity index (χ0n) is 40.6. The lowest BCUT2D eigenvalue weighted by Gasteiger charge is -2.38. The molecule has 2 heterocycles. The molecule has 1 unspecified atom stereocenters. The lowest BCUT2D eigenvalue weighted by molar-refractivity contribution is -0.271. The molecule has 0 radical (unpaired) electrons. The van der Waals surface area contributed by atoms with Crippen LogP contribution in [0.15, 0.2) is 18.2 Å². The van der Waals surface area contributed by atoms with Crippen LogP contribution in [0.2, 0.25) is 0 Å². The van der Waals surface area contributed by atoms with Crippen molar-refractivity contribution < 1.29 is 101 Å². The minimum Gasteiger partial charge on any atom is -0.479 e. The Morgan fingerprint density at radius 3 is 1.69 bits per heavy atom. The number of nitrogens with one attached hydrogen (secondary N) is 2. The highest BCUT2D eigenvalue weighted by atomic mass is 16.7. The number of aliphatic carboxylic acids is 1. The minimum atomic E-state index is -1.92. The Balaban J connectivity index is 1.11. The summed E-state index contributed by atoms with van der Waals surface area (Å²) in [5.41, 5.74) is 0.545. The summed E-state index contributed by atoms with van der Waals surface area (Å²) in [6.45, 7) is 12.7. The van der Waals surface area contributed by atoms with Gasteiger partial charge in [-0.2, -0.15) is 0 Å². The number of carboxylic acids is 1. The quantitative estimate of drug-likeness (QED) is 0.0280. The monoisotopic (exact) mass is 1000 g/mol. The fourth-order valence-corrected chi connectivity index (χ4v) is 6.51. The van der Waals surface area contributed by atoms with Crippen LogP contribution in [0, 0.1) is 17.8 Å². The van der Waals surface area contributed by atoms with Crippen LogP contribution in [-0.4, -0.2) is 210 Å². The molecule has 1 aromatic rings. The Hall–Kier alpha value is -4.44. The maximum absolute atomic E-state index is 12.9. The number of hydrogen-bond acceptors (Lipinski definition) is 20. The number of nitrogens with zero attached hydrogens (tertiary/aromatic N) is 1. The lowest BCUT2D eigenvalue weighted by Crippen LogP contribution is -2.61. The maximum Gasteiger partial charge on any atom is 0.335 e. The number of rotatable bonds is 38. The number of esters is 1. The summed E-state index contributed by atoms with van der Waals surface area (Å²) in [6.07, 6.45) is -9.10. The normalized spacial score (nSPS) is 20.3. The molecule has 3 rings (SSSR count). The number of aliphatic hydroxyl groups excluding tert-OH is 3. The van der Waals surface area contributed by atoms with Gasteiger partial charge < -0.3 is 83.2 Å². The van der Waals surface area contributed by atoms with Gasteiger partial charge in [-0.3, -0.25) is 28.9 Å². The molecule has 6 N–H and O–H groups in total. The van der Waals surface area contributed by atoms with Crippen molar-refractivity contribution in [2.24, 2.45) is 17.8 Å². The Morgan fingerprint density at radius 1 is 0.686 bits per heavy atom. The first kappa shape index (κ1) is 59.9. The Bertz CT molecular complexity index is 1740. The van der Waals surface area contributed by atoms with E-state index in [4.69, 9.17) is 52.1 Å². The zero-order valence-corrected chi connectivity index (χ0v) is 40.6. The van der Waals surface area contributed by atoms with Crippen molar-refractivity contribution in [2.45, 2.75) is 84.3 Å². The molecule has 0 aliphatic carbocycles. The molecule has 0 spiro atoms. The van der Waals surface area contributed by atoms with Crippen LogP contribution in [0.5, 0.6) is 5.75 Å². The van der Waals surface area contributed by atoms with E-state index in [1.165, 1.54) is 23.1 Å². The minimum absolute atomic E-state index is 0.0363. The highest BCUT2D eigenvalue weighted by Gasteiger charge is 2.48. The second kappa shape index (κ2) is 34.0. The first-order valence-corrected chi connectivity index (χ1v) is 23.5. The number of carbonyl (C=O) groups is 6. The highest BCUT2D eigenvalue weighted by Crippen LogP contribution is 2.31. The van der Waals surface area contributed by atoms with Crippen LogP contribution in [-0.2, 0) is 82.7 Å². The van der Waals surface area contributed by atoms with Crippen LogP contribution in [0.1, 0.15) is 52.5 Å². The highest BCUT2D eigenvalue weighted by molar-refractivity contribution is 6.03. The van der Waals surface area contributed by atoms with E-state index in [0.29, 0.717) is 98.0 Å². The van der Waals surface area contributed by atoms with Gasteiger partial charge in [0.15, 0.2) is 6.10 Å². The number of anilines is 1. The molecule has 2 aliphatic rings. The molecule has 2 aliphatic heterocycles. The molecule has 0 bridgehead atoms. The third-order valence-corrected chi connectivity index (χ3v) is 10.5. The van der Waals surface area contributed by atoms with Crippen LogP contribution >= 0.6 is 0 Å². The van der Waals surface area contributed by atoms with Gasteiger partial charge in [-0.25, -0.2) is 4.79 Å². The van der Waals surface area contributed by atoms with Crippen molar-refractivity contribution >= 4 is 41.3 Å². The van der Waals surface area contributed by atoms with E-state index in [1.54, 1.807) is 13.8 Å². The standard InChI is InChI=1S/C46H73N3O21/c1-30(2)33-28-38(52)49(43(33)56)10-7-36(50)47-9-12-61-14-16-63-18-20-65-22-24-67-26-25-66-23-21-64-19-17-62-15-13-60-11-8-37(51)48-34-27-32(29-68-45(59)31(3)4)5-6-35(34)69-46-41(55)39(53)40(54)42(70-46)44(57)58/h5-6,27,30-31,33,39-42,46,53-55H,7-26,28-29H2,1-4H3,(H,47,50)(H,48,51)(H,57,58)/t33?,39-,40-,41+,42-,46+/m0/s1. The van der Waals surface area contributed by atoms with Crippen molar-refractivity contribution in [3.8, 4) is 5.75 Å². The van der Waals surface area contributed by atoms with E-state index in [2.05, 4.69) is 10.6 Å². The number of aliphatic hydroxyl groups is 3. The predicted molar refractivity (Wildman–Crippen MR) is 243 cm³/mol. The van der Waals surface area contributed by atoms with Gasteiger partial charge >= 0.3 is 11.9 Å². The van der Waals surface area contributed by atoms with Crippen molar-refractivity contribution in [1.82, 2.24) is 10.2 Å². The van der Waals surface area contributed by atoms with Gasteiger partial charge in [0, 0.05) is 31.8 Å². The number of carboxylic acid groups (broad SMARTS) is 1. The van der Waals surface area contributed by atoms with E-state index in [9.17, 15) is 49.2 Å². The number of amides is 4. The fraction of sp³-hybridized carbons (Fsp3) is 0.739.